The van der Waals surface area contributed by atoms with E-state index in [-0.39, 0.29) is 5.54 Å². The highest BCUT2D eigenvalue weighted by atomic mass is 32.2. The Bertz CT molecular complexity index is 243. The van der Waals surface area contributed by atoms with Crippen molar-refractivity contribution in [2.45, 2.75) is 69.6 Å². The van der Waals surface area contributed by atoms with Crippen LogP contribution >= 0.6 is 11.8 Å². The Morgan fingerprint density at radius 2 is 2.06 bits per heavy atom. The van der Waals surface area contributed by atoms with E-state index in [1.54, 1.807) is 0 Å². The molecule has 1 atom stereocenters. The first-order valence-electron chi connectivity index (χ1n) is 6.98. The zero-order valence-electron chi connectivity index (χ0n) is 11.3. The fraction of sp³-hybridized carbons (Fsp3) is 0.929. The lowest BCUT2D eigenvalue weighted by Gasteiger charge is -2.25. The monoisotopic (exact) mass is 254 g/mol. The minimum Gasteiger partial charge on any atom is -0.300 e. The van der Waals surface area contributed by atoms with Gasteiger partial charge in [0.2, 0.25) is 0 Å². The second-order valence-electron chi connectivity index (χ2n) is 5.25. The van der Waals surface area contributed by atoms with E-state index in [1.165, 1.54) is 32.1 Å². The Labute approximate surface area is 111 Å². The summed E-state index contributed by atoms with van der Waals surface area (Å²) >= 11 is 2.08. The van der Waals surface area contributed by atoms with E-state index in [4.69, 9.17) is 0 Å². The summed E-state index contributed by atoms with van der Waals surface area (Å²) in [5.41, 5.74) is -0.322. The summed E-state index contributed by atoms with van der Waals surface area (Å²) in [7, 11) is 0. The number of nitrogens with one attached hydrogen (secondary N) is 1. The maximum atomic E-state index is 9.23. The summed E-state index contributed by atoms with van der Waals surface area (Å²) < 4.78 is 0. The summed E-state index contributed by atoms with van der Waals surface area (Å²) in [6.07, 6.45) is 9.05. The van der Waals surface area contributed by atoms with Crippen LogP contribution in [0.1, 0.15) is 58.8 Å². The fourth-order valence-corrected chi connectivity index (χ4v) is 3.77. The van der Waals surface area contributed by atoms with Gasteiger partial charge in [-0.25, -0.2) is 0 Å². The fourth-order valence-electron chi connectivity index (χ4n) is 2.25. The van der Waals surface area contributed by atoms with Crippen LogP contribution in [0, 0.1) is 11.3 Å². The molecule has 0 saturated heterocycles. The van der Waals surface area contributed by atoms with Crippen LogP contribution in [0.15, 0.2) is 0 Å². The average Bonchev–Trinajstić information content (AvgIpc) is 2.38. The third-order valence-corrected chi connectivity index (χ3v) is 4.90. The van der Waals surface area contributed by atoms with Crippen LogP contribution in [0.4, 0.5) is 0 Å². The average molecular weight is 254 g/mol. The minimum absolute atomic E-state index is 0.322. The summed E-state index contributed by atoms with van der Waals surface area (Å²) in [6.45, 7) is 5.11. The topological polar surface area (TPSA) is 35.8 Å². The molecule has 0 amide bonds. The Hall–Kier alpha value is -0.200. The molecule has 1 fully saturated rings. The van der Waals surface area contributed by atoms with E-state index in [0.29, 0.717) is 0 Å². The molecule has 1 saturated carbocycles. The summed E-state index contributed by atoms with van der Waals surface area (Å²) in [5.74, 6) is 1.12. The Kier molecular flexibility index (Phi) is 6.99. The molecule has 1 rings (SSSR count). The zero-order chi connectivity index (χ0) is 12.6. The highest BCUT2D eigenvalue weighted by Crippen LogP contribution is 2.29. The van der Waals surface area contributed by atoms with E-state index in [1.807, 2.05) is 6.92 Å². The standard InChI is InChI=1S/C14H26N2S/c1-3-10-16-14(2,12-15)9-11-17-13-7-5-4-6-8-13/h13,16H,3-11H2,1-2H3. The molecule has 0 aromatic rings. The third kappa shape index (κ3) is 5.79. The number of nitriles is 1. The van der Waals surface area contributed by atoms with Gasteiger partial charge >= 0.3 is 0 Å². The molecular formula is C14H26N2S. The minimum atomic E-state index is -0.322. The molecule has 0 heterocycles. The van der Waals surface area contributed by atoms with Gasteiger partial charge in [0.15, 0.2) is 0 Å². The van der Waals surface area contributed by atoms with Crippen molar-refractivity contribution in [3.05, 3.63) is 0 Å². The van der Waals surface area contributed by atoms with Crippen molar-refractivity contribution in [2.24, 2.45) is 0 Å². The molecule has 0 aromatic heterocycles. The molecular weight excluding hydrogens is 228 g/mol. The lowest BCUT2D eigenvalue weighted by atomic mass is 10.0. The maximum Gasteiger partial charge on any atom is 0.104 e. The van der Waals surface area contributed by atoms with Crippen LogP contribution in [0.5, 0.6) is 0 Å². The molecule has 98 valence electrons. The Balaban J connectivity index is 2.20. The third-order valence-electron chi connectivity index (χ3n) is 3.52. The Morgan fingerprint density at radius 3 is 2.65 bits per heavy atom. The predicted octanol–water partition coefficient (Wildman–Crippen LogP) is 3.72. The van der Waals surface area contributed by atoms with Gasteiger partial charge in [0.25, 0.3) is 0 Å². The number of hydrogen-bond acceptors (Lipinski definition) is 3. The molecule has 0 aromatic carbocycles. The maximum absolute atomic E-state index is 9.23. The largest absolute Gasteiger partial charge is 0.300 e. The quantitative estimate of drug-likeness (QED) is 0.752. The predicted molar refractivity (Wildman–Crippen MR) is 76.3 cm³/mol. The smallest absolute Gasteiger partial charge is 0.104 e. The molecule has 1 unspecified atom stereocenters. The number of thioether (sulfide) groups is 1. The molecule has 1 N–H and O–H groups in total. The Morgan fingerprint density at radius 1 is 1.35 bits per heavy atom. The second kappa shape index (κ2) is 8.00. The number of hydrogen-bond donors (Lipinski definition) is 1. The van der Waals surface area contributed by atoms with Gasteiger partial charge in [-0.2, -0.15) is 17.0 Å². The first-order valence-corrected chi connectivity index (χ1v) is 8.03. The van der Waals surface area contributed by atoms with Crippen molar-refractivity contribution >= 4 is 11.8 Å². The van der Waals surface area contributed by atoms with E-state index in [9.17, 15) is 5.26 Å². The van der Waals surface area contributed by atoms with Gasteiger partial charge in [0.1, 0.15) is 5.54 Å². The van der Waals surface area contributed by atoms with Crippen LogP contribution in [-0.2, 0) is 0 Å². The van der Waals surface area contributed by atoms with Gasteiger partial charge in [-0.15, -0.1) is 0 Å². The first kappa shape index (κ1) is 14.9. The van der Waals surface area contributed by atoms with E-state index in [2.05, 4.69) is 30.1 Å². The molecule has 0 radical (unpaired) electrons. The molecule has 0 aliphatic heterocycles. The van der Waals surface area contributed by atoms with E-state index in [0.717, 1.165) is 30.4 Å². The molecule has 17 heavy (non-hydrogen) atoms. The first-order chi connectivity index (χ1) is 8.20. The van der Waals surface area contributed by atoms with Crippen LogP contribution in [-0.4, -0.2) is 23.1 Å². The van der Waals surface area contributed by atoms with E-state index >= 15 is 0 Å². The lowest BCUT2D eigenvalue weighted by Crippen LogP contribution is -2.41. The van der Waals surface area contributed by atoms with Crippen molar-refractivity contribution in [2.75, 3.05) is 12.3 Å². The highest BCUT2D eigenvalue weighted by molar-refractivity contribution is 7.99. The molecule has 0 spiro atoms. The van der Waals surface area contributed by atoms with E-state index < -0.39 is 0 Å². The molecule has 0 bridgehead atoms. The van der Waals surface area contributed by atoms with Crippen molar-refractivity contribution in [3.8, 4) is 6.07 Å². The van der Waals surface area contributed by atoms with Gasteiger partial charge in [-0.05, 0) is 44.9 Å². The van der Waals surface area contributed by atoms with Crippen LogP contribution in [0.25, 0.3) is 0 Å². The second-order valence-corrected chi connectivity index (χ2v) is 6.66. The SMILES string of the molecule is CCCNC(C)(C#N)CCSC1CCCCC1. The summed E-state index contributed by atoms with van der Waals surface area (Å²) in [4.78, 5) is 0. The van der Waals surface area contributed by atoms with Crippen LogP contribution in [0.2, 0.25) is 0 Å². The summed E-state index contributed by atoms with van der Waals surface area (Å²) in [5, 5.41) is 13.4. The van der Waals surface area contributed by atoms with Gasteiger partial charge in [-0.3, -0.25) is 5.32 Å². The van der Waals surface area contributed by atoms with Crippen molar-refractivity contribution < 1.29 is 0 Å². The van der Waals surface area contributed by atoms with Gasteiger partial charge < -0.3 is 0 Å². The highest BCUT2D eigenvalue weighted by Gasteiger charge is 2.23. The van der Waals surface area contributed by atoms with Crippen molar-refractivity contribution in [3.63, 3.8) is 0 Å². The molecule has 1 aliphatic carbocycles. The van der Waals surface area contributed by atoms with Gasteiger partial charge in [-0.1, -0.05) is 26.2 Å². The normalized spacial score (nSPS) is 20.8. The van der Waals surface area contributed by atoms with Crippen LogP contribution in [0.3, 0.4) is 0 Å². The van der Waals surface area contributed by atoms with Gasteiger partial charge in [0.05, 0.1) is 6.07 Å². The van der Waals surface area contributed by atoms with Crippen molar-refractivity contribution in [1.82, 2.24) is 5.32 Å². The lowest BCUT2D eigenvalue weighted by molar-refractivity contribution is 0.437. The number of rotatable bonds is 7. The summed E-state index contributed by atoms with van der Waals surface area (Å²) in [6, 6.07) is 2.43. The number of nitrogens with zero attached hydrogens (tertiary/aromatic N) is 1. The molecule has 2 nitrogen and oxygen atoms in total. The van der Waals surface area contributed by atoms with Crippen LogP contribution < -0.4 is 5.32 Å². The zero-order valence-corrected chi connectivity index (χ0v) is 12.1. The van der Waals surface area contributed by atoms with Gasteiger partial charge in [0, 0.05) is 5.25 Å². The molecule has 1 aliphatic rings. The van der Waals surface area contributed by atoms with Crippen molar-refractivity contribution in [1.29, 1.82) is 5.26 Å². The molecule has 3 heteroatoms.